The molecule has 120 valence electrons. The van der Waals surface area contributed by atoms with Gasteiger partial charge in [0.2, 0.25) is 0 Å². The summed E-state index contributed by atoms with van der Waals surface area (Å²) in [6.45, 7) is 4.71. The van der Waals surface area contributed by atoms with Crippen LogP contribution in [-0.4, -0.2) is 20.7 Å². The Morgan fingerprint density at radius 1 is 1.45 bits per heavy atom. The van der Waals surface area contributed by atoms with E-state index in [-0.39, 0.29) is 10.2 Å². The quantitative estimate of drug-likeness (QED) is 0.854. The van der Waals surface area contributed by atoms with Crippen LogP contribution < -0.4 is 5.32 Å². The highest BCUT2D eigenvalue weighted by atomic mass is 79.9. The lowest BCUT2D eigenvalue weighted by Gasteiger charge is -2.13. The first kappa shape index (κ1) is 16.9. The molecule has 0 aliphatic carbocycles. The molecule has 0 aliphatic heterocycles. The molecule has 1 atom stereocenters. The summed E-state index contributed by atoms with van der Waals surface area (Å²) in [5.41, 5.74) is -0.0645. The fourth-order valence-corrected chi connectivity index (χ4v) is 2.97. The van der Waals surface area contributed by atoms with E-state index in [2.05, 4.69) is 31.3 Å². The van der Waals surface area contributed by atoms with Crippen molar-refractivity contribution in [3.05, 3.63) is 26.9 Å². The van der Waals surface area contributed by atoms with E-state index in [1.165, 1.54) is 25.2 Å². The normalized spacial score (nSPS) is 13.2. The number of carbonyl (C=O) groups excluding carboxylic acids is 1. The molecule has 0 aliphatic rings. The van der Waals surface area contributed by atoms with Gasteiger partial charge in [0.15, 0.2) is 10.8 Å². The van der Waals surface area contributed by atoms with Gasteiger partial charge in [-0.15, -0.1) is 11.3 Å². The highest BCUT2D eigenvalue weighted by Crippen LogP contribution is 2.36. The molecule has 0 aromatic carbocycles. The van der Waals surface area contributed by atoms with Crippen molar-refractivity contribution in [3.63, 3.8) is 0 Å². The van der Waals surface area contributed by atoms with Gasteiger partial charge in [0.25, 0.3) is 5.91 Å². The van der Waals surface area contributed by atoms with Gasteiger partial charge >= 0.3 is 6.18 Å². The summed E-state index contributed by atoms with van der Waals surface area (Å²) in [6.07, 6.45) is -4.59. The number of alkyl halides is 3. The maximum Gasteiger partial charge on any atom is 0.436 e. The number of hydrogen-bond acceptors (Lipinski definition) is 4. The van der Waals surface area contributed by atoms with Gasteiger partial charge < -0.3 is 5.32 Å². The lowest BCUT2D eigenvalue weighted by Crippen LogP contribution is -2.25. The molecule has 5 nitrogen and oxygen atoms in total. The Morgan fingerprint density at radius 3 is 2.55 bits per heavy atom. The molecule has 1 N–H and O–H groups in total. The molecule has 10 heteroatoms. The summed E-state index contributed by atoms with van der Waals surface area (Å²) in [5, 5.41) is 8.24. The third-order valence-electron chi connectivity index (χ3n) is 2.94. The van der Waals surface area contributed by atoms with Crippen LogP contribution in [0.5, 0.6) is 0 Å². The van der Waals surface area contributed by atoms with Crippen molar-refractivity contribution in [2.45, 2.75) is 33.0 Å². The third kappa shape index (κ3) is 3.32. The molecule has 0 saturated carbocycles. The van der Waals surface area contributed by atoms with Crippen LogP contribution in [0.15, 0.2) is 9.85 Å². The molecule has 2 rings (SSSR count). The number of rotatable bonds is 3. The summed E-state index contributed by atoms with van der Waals surface area (Å²) in [7, 11) is 0. The summed E-state index contributed by atoms with van der Waals surface area (Å²) < 4.78 is 39.4. The molecule has 0 spiro atoms. The van der Waals surface area contributed by atoms with Crippen molar-refractivity contribution in [2.75, 3.05) is 5.32 Å². The Kier molecular flexibility index (Phi) is 4.62. The fraction of sp³-hybridized carbons (Fsp3) is 0.417. The van der Waals surface area contributed by atoms with Crippen molar-refractivity contribution in [1.29, 1.82) is 0 Å². The van der Waals surface area contributed by atoms with Crippen LogP contribution in [0.3, 0.4) is 0 Å². The Labute approximate surface area is 136 Å². The zero-order chi connectivity index (χ0) is 16.7. The van der Waals surface area contributed by atoms with Gasteiger partial charge in [-0.3, -0.25) is 9.48 Å². The maximum atomic E-state index is 12.8. The fourth-order valence-electron chi connectivity index (χ4n) is 1.79. The molecule has 22 heavy (non-hydrogen) atoms. The van der Waals surface area contributed by atoms with Crippen LogP contribution in [0.1, 0.15) is 30.0 Å². The second kappa shape index (κ2) is 5.99. The molecular weight excluding hydrogens is 385 g/mol. The Balaban J connectivity index is 2.25. The van der Waals surface area contributed by atoms with Gasteiger partial charge in [0.05, 0.1) is 15.9 Å². The Morgan fingerprint density at radius 2 is 2.09 bits per heavy atom. The zero-order valence-electron chi connectivity index (χ0n) is 11.8. The monoisotopic (exact) mass is 396 g/mol. The molecule has 2 aromatic heterocycles. The minimum atomic E-state index is -4.59. The lowest BCUT2D eigenvalue weighted by atomic mass is 10.3. The van der Waals surface area contributed by atoms with Gasteiger partial charge in [-0.25, -0.2) is 4.98 Å². The number of aryl methyl sites for hydroxylation is 1. The molecule has 0 bridgehead atoms. The second-order valence-corrected chi connectivity index (χ2v) is 6.30. The smallest absolute Gasteiger partial charge is 0.300 e. The standard InChI is InChI=1S/C12H12BrF3N4OS/c1-5-4-22-11(17-5)18-10(21)7(3)20-6(2)8(13)9(19-20)12(14,15)16/h4,7H,1-3H3,(H,17,18,21). The van der Waals surface area contributed by atoms with Crippen LogP contribution in [0, 0.1) is 13.8 Å². The largest absolute Gasteiger partial charge is 0.436 e. The molecule has 2 aromatic rings. The number of halogens is 4. The molecule has 1 amide bonds. The van der Waals surface area contributed by atoms with Crippen LogP contribution in [0.4, 0.5) is 18.3 Å². The summed E-state index contributed by atoms with van der Waals surface area (Å²) in [6, 6.07) is -0.906. The number of nitrogens with zero attached hydrogens (tertiary/aromatic N) is 3. The van der Waals surface area contributed by atoms with E-state index in [0.717, 1.165) is 10.4 Å². The van der Waals surface area contributed by atoms with E-state index in [1.807, 2.05) is 0 Å². The van der Waals surface area contributed by atoms with Gasteiger partial charge in [-0.05, 0) is 36.7 Å². The minimum absolute atomic E-state index is 0.162. The van der Waals surface area contributed by atoms with E-state index in [9.17, 15) is 18.0 Å². The topological polar surface area (TPSA) is 59.8 Å². The van der Waals surface area contributed by atoms with E-state index < -0.39 is 23.8 Å². The third-order valence-corrected chi connectivity index (χ3v) is 4.77. The average molecular weight is 397 g/mol. The minimum Gasteiger partial charge on any atom is -0.300 e. The number of thiazole rings is 1. The first-order valence-electron chi connectivity index (χ1n) is 6.16. The maximum absolute atomic E-state index is 12.8. The predicted octanol–water partition coefficient (Wildman–Crippen LogP) is 3.94. The molecule has 2 heterocycles. The van der Waals surface area contributed by atoms with E-state index in [1.54, 1.807) is 12.3 Å². The van der Waals surface area contributed by atoms with Crippen LogP contribution in [0.2, 0.25) is 0 Å². The lowest BCUT2D eigenvalue weighted by molar-refractivity contribution is -0.142. The van der Waals surface area contributed by atoms with Gasteiger partial charge in [0, 0.05) is 5.38 Å². The van der Waals surface area contributed by atoms with Crippen LogP contribution in [-0.2, 0) is 11.0 Å². The Bertz CT molecular complexity index is 710. The SMILES string of the molecule is Cc1csc(NC(=O)C(C)n2nc(C(F)(F)F)c(Br)c2C)n1. The number of aromatic nitrogens is 3. The number of anilines is 1. The van der Waals surface area contributed by atoms with Gasteiger partial charge in [-0.1, -0.05) is 0 Å². The molecule has 0 radical (unpaired) electrons. The number of hydrogen-bond donors (Lipinski definition) is 1. The zero-order valence-corrected chi connectivity index (χ0v) is 14.2. The summed E-state index contributed by atoms with van der Waals surface area (Å²) >= 11 is 4.12. The second-order valence-electron chi connectivity index (χ2n) is 4.65. The first-order valence-corrected chi connectivity index (χ1v) is 7.83. The molecule has 0 saturated heterocycles. The van der Waals surface area contributed by atoms with Crippen molar-refractivity contribution < 1.29 is 18.0 Å². The van der Waals surface area contributed by atoms with E-state index in [0.29, 0.717) is 5.13 Å². The van der Waals surface area contributed by atoms with Crippen molar-refractivity contribution in [2.24, 2.45) is 0 Å². The van der Waals surface area contributed by atoms with Crippen LogP contribution >= 0.6 is 27.3 Å². The van der Waals surface area contributed by atoms with Gasteiger partial charge in [0.1, 0.15) is 6.04 Å². The molecule has 0 fully saturated rings. The number of amides is 1. The summed E-state index contributed by atoms with van der Waals surface area (Å²) in [5.74, 6) is -0.485. The molecule has 1 unspecified atom stereocenters. The summed E-state index contributed by atoms with van der Waals surface area (Å²) in [4.78, 5) is 16.2. The van der Waals surface area contributed by atoms with Crippen LogP contribution in [0.25, 0.3) is 0 Å². The first-order chi connectivity index (χ1) is 10.1. The van der Waals surface area contributed by atoms with E-state index in [4.69, 9.17) is 0 Å². The highest BCUT2D eigenvalue weighted by Gasteiger charge is 2.39. The Hall–Kier alpha value is -1.42. The van der Waals surface area contributed by atoms with Crippen molar-refractivity contribution in [3.8, 4) is 0 Å². The van der Waals surface area contributed by atoms with Gasteiger partial charge in [-0.2, -0.15) is 18.3 Å². The number of carbonyl (C=O) groups is 1. The number of nitrogens with one attached hydrogen (secondary N) is 1. The van der Waals surface area contributed by atoms with Crippen molar-refractivity contribution >= 4 is 38.3 Å². The van der Waals surface area contributed by atoms with Crippen molar-refractivity contribution in [1.82, 2.24) is 14.8 Å². The van der Waals surface area contributed by atoms with E-state index >= 15 is 0 Å². The predicted molar refractivity (Wildman–Crippen MR) is 79.9 cm³/mol. The molecular formula is C12H12BrF3N4OS. The highest BCUT2D eigenvalue weighted by molar-refractivity contribution is 9.10. The average Bonchev–Trinajstić information content (AvgIpc) is 2.93.